The van der Waals surface area contributed by atoms with Crippen LogP contribution in [0.5, 0.6) is 0 Å². The molecule has 2 aromatic rings. The van der Waals surface area contributed by atoms with Gasteiger partial charge in [-0.15, -0.1) is 0 Å². The molecule has 0 saturated carbocycles. The molecule has 0 aromatic heterocycles. The fraction of sp³-hybridized carbons (Fsp3) is 0.263. The van der Waals surface area contributed by atoms with Gasteiger partial charge in [-0.1, -0.05) is 34.1 Å². The smallest absolute Gasteiger partial charge is 0.227 e. The first-order valence-corrected chi connectivity index (χ1v) is 8.77. The van der Waals surface area contributed by atoms with Crippen LogP contribution in [0.3, 0.4) is 0 Å². The highest BCUT2D eigenvalue weighted by atomic mass is 79.9. The van der Waals surface area contributed by atoms with Gasteiger partial charge >= 0.3 is 0 Å². The number of carbonyl (C=O) groups excluding carboxylic acids is 2. The summed E-state index contributed by atoms with van der Waals surface area (Å²) in [6.07, 6.45) is 1.56. The number of aryl methyl sites for hydroxylation is 1. The second kappa shape index (κ2) is 7.18. The van der Waals surface area contributed by atoms with Crippen LogP contribution in [0.15, 0.2) is 46.9 Å². The van der Waals surface area contributed by atoms with E-state index in [1.54, 1.807) is 0 Å². The zero-order valence-corrected chi connectivity index (χ0v) is 15.0. The first-order valence-electron chi connectivity index (χ1n) is 7.97. The van der Waals surface area contributed by atoms with E-state index in [-0.39, 0.29) is 17.7 Å². The van der Waals surface area contributed by atoms with Crippen LogP contribution in [-0.4, -0.2) is 11.8 Å². The lowest BCUT2D eigenvalue weighted by Crippen LogP contribution is -2.30. The van der Waals surface area contributed by atoms with Crippen LogP contribution in [0, 0.1) is 12.8 Å². The number of nitrogens with one attached hydrogen (secondary N) is 2. The molecule has 1 aliphatic heterocycles. The molecule has 2 aromatic carbocycles. The minimum Gasteiger partial charge on any atom is -0.326 e. The molecule has 2 amide bonds. The molecule has 0 spiro atoms. The average molecular weight is 387 g/mol. The second-order valence-corrected chi connectivity index (χ2v) is 6.95. The summed E-state index contributed by atoms with van der Waals surface area (Å²) in [5.74, 6) is -0.221. The highest BCUT2D eigenvalue weighted by Gasteiger charge is 2.26. The van der Waals surface area contributed by atoms with Crippen LogP contribution in [-0.2, 0) is 16.0 Å². The summed E-state index contributed by atoms with van der Waals surface area (Å²) >= 11 is 3.44. The molecule has 0 bridgehead atoms. The molecule has 1 aliphatic rings. The molecule has 0 saturated heterocycles. The maximum Gasteiger partial charge on any atom is 0.227 e. The van der Waals surface area contributed by atoms with Crippen molar-refractivity contribution in [3.05, 3.63) is 58.1 Å². The molecule has 0 aliphatic carbocycles. The Bertz CT molecular complexity index is 789. The maximum absolute atomic E-state index is 12.2. The van der Waals surface area contributed by atoms with E-state index in [0.29, 0.717) is 19.3 Å². The fourth-order valence-corrected chi connectivity index (χ4v) is 3.14. The number of halogens is 1. The molecular formula is C19H19BrN2O2. The predicted octanol–water partition coefficient (Wildman–Crippen LogP) is 4.29. The Kier molecular flexibility index (Phi) is 5.00. The molecule has 1 atom stereocenters. The van der Waals surface area contributed by atoms with Gasteiger partial charge in [-0.05, 0) is 55.2 Å². The van der Waals surface area contributed by atoms with Crippen molar-refractivity contribution in [2.45, 2.75) is 26.2 Å². The number of hydrogen-bond donors (Lipinski definition) is 2. The molecule has 5 heteroatoms. The van der Waals surface area contributed by atoms with Crippen molar-refractivity contribution in [3.8, 4) is 0 Å². The number of para-hydroxylation sites is 1. The van der Waals surface area contributed by atoms with Crippen molar-refractivity contribution in [1.82, 2.24) is 0 Å². The SMILES string of the molecule is Cc1cc(NC(=O)CC[C@@H]2Cc3ccccc3NC2=O)ccc1Br. The van der Waals surface area contributed by atoms with Crippen molar-refractivity contribution < 1.29 is 9.59 Å². The van der Waals surface area contributed by atoms with Gasteiger partial charge in [0.05, 0.1) is 0 Å². The Morgan fingerprint density at radius 2 is 2.08 bits per heavy atom. The van der Waals surface area contributed by atoms with E-state index in [1.165, 1.54) is 0 Å². The minimum absolute atomic E-state index is 0.000913. The van der Waals surface area contributed by atoms with E-state index in [1.807, 2.05) is 49.4 Å². The third-order valence-corrected chi connectivity index (χ3v) is 5.16. The molecular weight excluding hydrogens is 368 g/mol. The average Bonchev–Trinajstić information content (AvgIpc) is 2.56. The quantitative estimate of drug-likeness (QED) is 0.823. The van der Waals surface area contributed by atoms with Gasteiger partial charge in [0, 0.05) is 28.2 Å². The largest absolute Gasteiger partial charge is 0.326 e. The Morgan fingerprint density at radius 1 is 1.29 bits per heavy atom. The Hall–Kier alpha value is -2.14. The summed E-state index contributed by atoms with van der Waals surface area (Å²) in [7, 11) is 0. The third-order valence-electron chi connectivity index (χ3n) is 4.27. The van der Waals surface area contributed by atoms with Crippen LogP contribution < -0.4 is 10.6 Å². The number of fused-ring (bicyclic) bond motifs is 1. The van der Waals surface area contributed by atoms with Crippen LogP contribution in [0.25, 0.3) is 0 Å². The number of benzene rings is 2. The van der Waals surface area contributed by atoms with E-state index in [9.17, 15) is 9.59 Å². The predicted molar refractivity (Wildman–Crippen MR) is 99.0 cm³/mol. The lowest BCUT2D eigenvalue weighted by Gasteiger charge is -2.24. The van der Waals surface area contributed by atoms with Gasteiger partial charge in [-0.2, -0.15) is 0 Å². The minimum atomic E-state index is -0.155. The van der Waals surface area contributed by atoms with Crippen LogP contribution in [0.4, 0.5) is 11.4 Å². The van der Waals surface area contributed by atoms with Crippen molar-refractivity contribution in [2.24, 2.45) is 5.92 Å². The second-order valence-electron chi connectivity index (χ2n) is 6.10. The zero-order valence-electron chi connectivity index (χ0n) is 13.4. The Balaban J connectivity index is 1.56. The first-order chi connectivity index (χ1) is 11.5. The van der Waals surface area contributed by atoms with Gasteiger partial charge < -0.3 is 10.6 Å². The summed E-state index contributed by atoms with van der Waals surface area (Å²) in [4.78, 5) is 24.3. The van der Waals surface area contributed by atoms with E-state index in [4.69, 9.17) is 0 Å². The maximum atomic E-state index is 12.2. The summed E-state index contributed by atoms with van der Waals surface area (Å²) in [6, 6.07) is 13.5. The van der Waals surface area contributed by atoms with Crippen LogP contribution in [0.2, 0.25) is 0 Å². The van der Waals surface area contributed by atoms with Gasteiger partial charge in [0.1, 0.15) is 0 Å². The van der Waals surface area contributed by atoms with Gasteiger partial charge in [-0.25, -0.2) is 0 Å². The van der Waals surface area contributed by atoms with Crippen molar-refractivity contribution >= 4 is 39.1 Å². The van der Waals surface area contributed by atoms with Crippen LogP contribution in [0.1, 0.15) is 24.0 Å². The molecule has 124 valence electrons. The first kappa shape index (κ1) is 16.7. The molecule has 0 fully saturated rings. The normalized spacial score (nSPS) is 16.2. The molecule has 24 heavy (non-hydrogen) atoms. The van der Waals surface area contributed by atoms with E-state index < -0.39 is 0 Å². The molecule has 2 N–H and O–H groups in total. The Morgan fingerprint density at radius 3 is 2.88 bits per heavy atom. The lowest BCUT2D eigenvalue weighted by atomic mass is 9.89. The van der Waals surface area contributed by atoms with Crippen molar-refractivity contribution in [3.63, 3.8) is 0 Å². The number of hydrogen-bond acceptors (Lipinski definition) is 2. The topological polar surface area (TPSA) is 58.2 Å². The molecule has 0 unspecified atom stereocenters. The van der Waals surface area contributed by atoms with Gasteiger partial charge in [0.2, 0.25) is 11.8 Å². The number of anilines is 2. The van der Waals surface area contributed by atoms with E-state index in [2.05, 4.69) is 26.6 Å². The van der Waals surface area contributed by atoms with Gasteiger partial charge in [0.25, 0.3) is 0 Å². The molecule has 4 nitrogen and oxygen atoms in total. The van der Waals surface area contributed by atoms with Gasteiger partial charge in [0.15, 0.2) is 0 Å². The summed E-state index contributed by atoms with van der Waals surface area (Å²) < 4.78 is 1.01. The van der Waals surface area contributed by atoms with Crippen LogP contribution >= 0.6 is 15.9 Å². The van der Waals surface area contributed by atoms with E-state index >= 15 is 0 Å². The monoisotopic (exact) mass is 386 g/mol. The lowest BCUT2D eigenvalue weighted by molar-refractivity contribution is -0.121. The summed E-state index contributed by atoms with van der Waals surface area (Å²) in [6.45, 7) is 1.98. The highest BCUT2D eigenvalue weighted by Crippen LogP contribution is 2.27. The standard InChI is InChI=1S/C19H19BrN2O2/c1-12-10-15(7-8-16(12)20)21-18(23)9-6-14-11-13-4-2-3-5-17(13)22-19(14)24/h2-5,7-8,10,14H,6,9,11H2,1H3,(H,21,23)(H,22,24)/t14-/m1/s1. The Labute approximate surface area is 149 Å². The summed E-state index contributed by atoms with van der Waals surface area (Å²) in [5.41, 5.74) is 3.86. The molecule has 1 heterocycles. The number of carbonyl (C=O) groups is 2. The summed E-state index contributed by atoms with van der Waals surface area (Å²) in [5, 5.41) is 5.81. The van der Waals surface area contributed by atoms with Crippen molar-refractivity contribution in [1.29, 1.82) is 0 Å². The zero-order chi connectivity index (χ0) is 17.1. The fourth-order valence-electron chi connectivity index (χ4n) is 2.90. The van der Waals surface area contributed by atoms with E-state index in [0.717, 1.165) is 27.0 Å². The molecule has 0 radical (unpaired) electrons. The number of rotatable bonds is 4. The highest BCUT2D eigenvalue weighted by molar-refractivity contribution is 9.10. The number of amides is 2. The van der Waals surface area contributed by atoms with Crippen molar-refractivity contribution in [2.75, 3.05) is 10.6 Å². The molecule has 3 rings (SSSR count). The third kappa shape index (κ3) is 3.85. The van der Waals surface area contributed by atoms with Gasteiger partial charge in [-0.3, -0.25) is 9.59 Å².